The number of hydrogen-bond acceptors (Lipinski definition) is 6. The van der Waals surface area contributed by atoms with E-state index < -0.39 is 10.0 Å². The zero-order valence-electron chi connectivity index (χ0n) is 12.9. The van der Waals surface area contributed by atoms with Crippen molar-refractivity contribution in [2.45, 2.75) is 30.7 Å². The van der Waals surface area contributed by atoms with Gasteiger partial charge in [0, 0.05) is 6.04 Å². The Morgan fingerprint density at radius 3 is 2.43 bits per heavy atom. The summed E-state index contributed by atoms with van der Waals surface area (Å²) >= 11 is 0. The summed E-state index contributed by atoms with van der Waals surface area (Å²) < 4.78 is 32.6. The van der Waals surface area contributed by atoms with Gasteiger partial charge in [-0.15, -0.1) is 10.2 Å². The fourth-order valence-corrected chi connectivity index (χ4v) is 3.34. The first-order chi connectivity index (χ1) is 11.0. The zero-order chi connectivity index (χ0) is 16.4. The Morgan fingerprint density at radius 1 is 1.13 bits per heavy atom. The largest absolute Gasteiger partial charge is 0.495 e. The summed E-state index contributed by atoms with van der Waals surface area (Å²) in [7, 11) is -2.37. The number of benzene rings is 1. The average molecular weight is 334 g/mol. The lowest BCUT2D eigenvalue weighted by atomic mass is 10.2. The number of methoxy groups -OCH3 is 1. The van der Waals surface area contributed by atoms with Crippen LogP contribution in [0, 0.1) is 6.92 Å². The third-order valence-corrected chi connectivity index (χ3v) is 4.82. The van der Waals surface area contributed by atoms with E-state index in [4.69, 9.17) is 4.74 Å². The topological polar surface area (TPSA) is 93.2 Å². The van der Waals surface area contributed by atoms with Gasteiger partial charge in [0.2, 0.25) is 0 Å². The van der Waals surface area contributed by atoms with Crippen molar-refractivity contribution in [1.29, 1.82) is 0 Å². The van der Waals surface area contributed by atoms with Crippen molar-refractivity contribution in [3.8, 4) is 5.75 Å². The molecule has 2 aromatic rings. The lowest BCUT2D eigenvalue weighted by molar-refractivity contribution is 0.402. The van der Waals surface area contributed by atoms with Gasteiger partial charge in [-0.2, -0.15) is 0 Å². The molecule has 0 aliphatic heterocycles. The summed E-state index contributed by atoms with van der Waals surface area (Å²) in [5.41, 5.74) is 0.821. The SMILES string of the molecule is COc1ccc(C)cc1S(=O)(=O)Nc1ccc(NC2CC2)nn1. The number of rotatable bonds is 6. The van der Waals surface area contributed by atoms with Gasteiger partial charge in [-0.05, 0) is 49.6 Å². The van der Waals surface area contributed by atoms with Gasteiger partial charge in [-0.3, -0.25) is 4.72 Å². The summed E-state index contributed by atoms with van der Waals surface area (Å²) in [6, 6.07) is 8.71. The molecule has 0 unspecified atom stereocenters. The van der Waals surface area contributed by atoms with Crippen molar-refractivity contribution in [1.82, 2.24) is 10.2 Å². The molecule has 122 valence electrons. The minimum absolute atomic E-state index is 0.0713. The first-order valence-electron chi connectivity index (χ1n) is 7.26. The molecule has 1 fully saturated rings. The monoisotopic (exact) mass is 334 g/mol. The molecule has 1 heterocycles. The maximum absolute atomic E-state index is 12.5. The minimum Gasteiger partial charge on any atom is -0.495 e. The molecule has 0 amide bonds. The van der Waals surface area contributed by atoms with Crippen LogP contribution in [0.5, 0.6) is 5.75 Å². The predicted molar refractivity (Wildman–Crippen MR) is 87.2 cm³/mol. The van der Waals surface area contributed by atoms with Gasteiger partial charge in [-0.25, -0.2) is 8.42 Å². The highest BCUT2D eigenvalue weighted by Crippen LogP contribution is 2.27. The number of hydrogen-bond donors (Lipinski definition) is 2. The Morgan fingerprint density at radius 2 is 1.83 bits per heavy atom. The van der Waals surface area contributed by atoms with Crippen molar-refractivity contribution in [2.75, 3.05) is 17.1 Å². The quantitative estimate of drug-likeness (QED) is 0.841. The standard InChI is InChI=1S/C15H18N4O3S/c1-10-3-6-12(22-2)13(9-10)23(20,21)19-15-8-7-14(17-18-15)16-11-4-5-11/h3,6-9,11H,4-5H2,1-2H3,(H,16,17)(H,18,19). The fraction of sp³-hybridized carbons (Fsp3) is 0.333. The van der Waals surface area contributed by atoms with Crippen LogP contribution < -0.4 is 14.8 Å². The number of ether oxygens (including phenoxy) is 1. The van der Waals surface area contributed by atoms with Gasteiger partial charge in [0.1, 0.15) is 16.5 Å². The van der Waals surface area contributed by atoms with Gasteiger partial charge in [0.25, 0.3) is 10.0 Å². The second kappa shape index (κ2) is 6.04. The molecule has 1 aliphatic rings. The smallest absolute Gasteiger partial charge is 0.266 e. The maximum Gasteiger partial charge on any atom is 0.266 e. The van der Waals surface area contributed by atoms with Crippen molar-refractivity contribution < 1.29 is 13.2 Å². The summed E-state index contributed by atoms with van der Waals surface area (Å²) in [6.45, 7) is 1.82. The molecule has 1 aromatic carbocycles. The van der Waals surface area contributed by atoms with Crippen LogP contribution in [-0.4, -0.2) is 31.8 Å². The van der Waals surface area contributed by atoms with E-state index in [0.717, 1.165) is 18.4 Å². The molecule has 0 bridgehead atoms. The Kier molecular flexibility index (Phi) is 4.08. The van der Waals surface area contributed by atoms with Gasteiger partial charge in [0.05, 0.1) is 7.11 Å². The van der Waals surface area contributed by atoms with Crippen molar-refractivity contribution in [3.63, 3.8) is 0 Å². The lowest BCUT2D eigenvalue weighted by Gasteiger charge is -2.11. The highest BCUT2D eigenvalue weighted by molar-refractivity contribution is 7.92. The minimum atomic E-state index is -3.80. The van der Waals surface area contributed by atoms with E-state index in [-0.39, 0.29) is 16.5 Å². The van der Waals surface area contributed by atoms with Crippen LogP contribution in [0.3, 0.4) is 0 Å². The number of nitrogens with one attached hydrogen (secondary N) is 2. The number of sulfonamides is 1. The summed E-state index contributed by atoms with van der Waals surface area (Å²) in [6.07, 6.45) is 2.26. The lowest BCUT2D eigenvalue weighted by Crippen LogP contribution is -2.16. The Labute approximate surface area is 135 Å². The number of aryl methyl sites for hydroxylation is 1. The second-order valence-corrected chi connectivity index (χ2v) is 7.13. The van der Waals surface area contributed by atoms with Crippen LogP contribution in [0.25, 0.3) is 0 Å². The molecule has 3 rings (SSSR count). The Balaban J connectivity index is 1.81. The molecule has 0 saturated heterocycles. The highest BCUT2D eigenvalue weighted by Gasteiger charge is 2.22. The molecule has 1 aromatic heterocycles. The van der Waals surface area contributed by atoms with Crippen LogP contribution in [0.15, 0.2) is 35.2 Å². The first-order valence-corrected chi connectivity index (χ1v) is 8.74. The highest BCUT2D eigenvalue weighted by atomic mass is 32.2. The van der Waals surface area contributed by atoms with E-state index in [0.29, 0.717) is 11.9 Å². The van der Waals surface area contributed by atoms with Gasteiger partial charge in [0.15, 0.2) is 5.82 Å². The molecular formula is C15H18N4O3S. The van der Waals surface area contributed by atoms with E-state index in [1.165, 1.54) is 7.11 Å². The predicted octanol–water partition coefficient (Wildman–Crippen LogP) is 2.17. The summed E-state index contributed by atoms with van der Waals surface area (Å²) in [5, 5.41) is 11.1. The molecule has 1 aliphatic carbocycles. The Bertz CT molecular complexity index is 802. The molecule has 0 spiro atoms. The molecule has 23 heavy (non-hydrogen) atoms. The van der Waals surface area contributed by atoms with E-state index >= 15 is 0 Å². The van der Waals surface area contributed by atoms with Crippen LogP contribution in [0.4, 0.5) is 11.6 Å². The Hall–Kier alpha value is -2.35. The third kappa shape index (κ3) is 3.70. The van der Waals surface area contributed by atoms with E-state index in [1.54, 1.807) is 30.3 Å². The average Bonchev–Trinajstić information content (AvgIpc) is 3.33. The third-order valence-electron chi connectivity index (χ3n) is 3.44. The fourth-order valence-electron chi connectivity index (χ4n) is 2.09. The van der Waals surface area contributed by atoms with Gasteiger partial charge >= 0.3 is 0 Å². The first kappa shape index (κ1) is 15.5. The number of aromatic nitrogens is 2. The molecule has 7 nitrogen and oxygen atoms in total. The molecule has 1 saturated carbocycles. The van der Waals surface area contributed by atoms with Gasteiger partial charge in [-0.1, -0.05) is 6.07 Å². The van der Waals surface area contributed by atoms with Crippen LogP contribution in [-0.2, 0) is 10.0 Å². The zero-order valence-corrected chi connectivity index (χ0v) is 13.7. The molecule has 0 radical (unpaired) electrons. The van der Waals surface area contributed by atoms with Crippen molar-refractivity contribution in [2.24, 2.45) is 0 Å². The molecular weight excluding hydrogens is 316 g/mol. The summed E-state index contributed by atoms with van der Waals surface area (Å²) in [5.74, 6) is 1.08. The van der Waals surface area contributed by atoms with Crippen LogP contribution >= 0.6 is 0 Å². The molecule has 0 atom stereocenters. The molecule has 2 N–H and O–H groups in total. The number of anilines is 2. The van der Waals surface area contributed by atoms with Crippen LogP contribution in [0.2, 0.25) is 0 Å². The maximum atomic E-state index is 12.5. The van der Waals surface area contributed by atoms with E-state index in [2.05, 4.69) is 20.2 Å². The van der Waals surface area contributed by atoms with Crippen molar-refractivity contribution in [3.05, 3.63) is 35.9 Å². The van der Waals surface area contributed by atoms with Crippen molar-refractivity contribution >= 4 is 21.7 Å². The second-order valence-electron chi connectivity index (χ2n) is 5.48. The normalized spacial score (nSPS) is 14.3. The molecule has 8 heteroatoms. The van der Waals surface area contributed by atoms with Crippen LogP contribution in [0.1, 0.15) is 18.4 Å². The van der Waals surface area contributed by atoms with E-state index in [9.17, 15) is 8.42 Å². The summed E-state index contributed by atoms with van der Waals surface area (Å²) in [4.78, 5) is 0.0713. The van der Waals surface area contributed by atoms with Gasteiger partial charge < -0.3 is 10.1 Å². The van der Waals surface area contributed by atoms with E-state index in [1.807, 2.05) is 6.92 Å². The number of nitrogens with zero attached hydrogens (tertiary/aromatic N) is 2.